The SMILES string of the molecule is CCN(CC)Cc1nc(Cl)c2cc(-c3ccccc3)sc2n1. The van der Waals surface area contributed by atoms with Crippen molar-refractivity contribution in [3.63, 3.8) is 0 Å². The quantitative estimate of drug-likeness (QED) is 0.625. The summed E-state index contributed by atoms with van der Waals surface area (Å²) in [7, 11) is 0. The van der Waals surface area contributed by atoms with Crippen LogP contribution in [0.5, 0.6) is 0 Å². The van der Waals surface area contributed by atoms with E-state index in [1.54, 1.807) is 11.3 Å². The fourth-order valence-corrected chi connectivity index (χ4v) is 3.74. The molecule has 0 aliphatic carbocycles. The first-order valence-corrected chi connectivity index (χ1v) is 8.64. The lowest BCUT2D eigenvalue weighted by atomic mass is 10.2. The molecule has 0 atom stereocenters. The molecule has 2 heterocycles. The first-order valence-electron chi connectivity index (χ1n) is 7.45. The number of aromatic nitrogens is 2. The van der Waals surface area contributed by atoms with Gasteiger partial charge in [0.25, 0.3) is 0 Å². The molecule has 114 valence electrons. The highest BCUT2D eigenvalue weighted by Gasteiger charge is 2.12. The summed E-state index contributed by atoms with van der Waals surface area (Å²) < 4.78 is 0. The fourth-order valence-electron chi connectivity index (χ4n) is 2.39. The van der Waals surface area contributed by atoms with Crippen LogP contribution in [0.1, 0.15) is 19.7 Å². The summed E-state index contributed by atoms with van der Waals surface area (Å²) in [6, 6.07) is 12.4. The van der Waals surface area contributed by atoms with E-state index in [1.807, 2.05) is 18.2 Å². The van der Waals surface area contributed by atoms with E-state index < -0.39 is 0 Å². The second-order valence-electron chi connectivity index (χ2n) is 5.09. The summed E-state index contributed by atoms with van der Waals surface area (Å²) in [5, 5.41) is 1.49. The van der Waals surface area contributed by atoms with E-state index in [4.69, 9.17) is 16.6 Å². The van der Waals surface area contributed by atoms with Gasteiger partial charge in [-0.2, -0.15) is 0 Å². The molecule has 3 aromatic rings. The summed E-state index contributed by atoms with van der Waals surface area (Å²) in [5.74, 6) is 0.794. The molecule has 2 aromatic heterocycles. The van der Waals surface area contributed by atoms with Crippen molar-refractivity contribution in [1.82, 2.24) is 14.9 Å². The third-order valence-electron chi connectivity index (χ3n) is 3.71. The van der Waals surface area contributed by atoms with Crippen LogP contribution in [0.2, 0.25) is 5.15 Å². The predicted octanol–water partition coefficient (Wildman–Crippen LogP) is 4.85. The second-order valence-corrected chi connectivity index (χ2v) is 6.48. The molecule has 3 rings (SSSR count). The van der Waals surface area contributed by atoms with E-state index in [0.717, 1.165) is 35.7 Å². The molecule has 22 heavy (non-hydrogen) atoms. The van der Waals surface area contributed by atoms with Gasteiger partial charge in [0, 0.05) is 10.3 Å². The molecular formula is C17H18ClN3S. The molecular weight excluding hydrogens is 314 g/mol. The van der Waals surface area contributed by atoms with Gasteiger partial charge in [0.2, 0.25) is 0 Å². The van der Waals surface area contributed by atoms with Crippen LogP contribution in [0.4, 0.5) is 0 Å². The molecule has 0 fully saturated rings. The van der Waals surface area contributed by atoms with Crippen LogP contribution >= 0.6 is 22.9 Å². The number of halogens is 1. The van der Waals surface area contributed by atoms with Crippen LogP contribution < -0.4 is 0 Å². The summed E-state index contributed by atoms with van der Waals surface area (Å²) in [6.07, 6.45) is 0. The lowest BCUT2D eigenvalue weighted by Crippen LogP contribution is -2.23. The summed E-state index contributed by atoms with van der Waals surface area (Å²) in [4.78, 5) is 13.6. The summed E-state index contributed by atoms with van der Waals surface area (Å²) in [6.45, 7) is 6.98. The largest absolute Gasteiger partial charge is 0.296 e. The van der Waals surface area contributed by atoms with Crippen molar-refractivity contribution in [1.29, 1.82) is 0 Å². The Labute approximate surface area is 139 Å². The zero-order chi connectivity index (χ0) is 15.5. The Balaban J connectivity index is 2.00. The average Bonchev–Trinajstić information content (AvgIpc) is 2.98. The van der Waals surface area contributed by atoms with Gasteiger partial charge >= 0.3 is 0 Å². The predicted molar refractivity (Wildman–Crippen MR) is 94.5 cm³/mol. The van der Waals surface area contributed by atoms with Crippen molar-refractivity contribution >= 4 is 33.2 Å². The maximum Gasteiger partial charge on any atom is 0.145 e. The van der Waals surface area contributed by atoms with Crippen molar-refractivity contribution in [2.24, 2.45) is 0 Å². The third-order valence-corrected chi connectivity index (χ3v) is 5.08. The van der Waals surface area contributed by atoms with Gasteiger partial charge in [0.05, 0.1) is 6.54 Å². The highest BCUT2D eigenvalue weighted by molar-refractivity contribution is 7.21. The van der Waals surface area contributed by atoms with Crippen LogP contribution in [0, 0.1) is 0 Å². The van der Waals surface area contributed by atoms with Gasteiger partial charge in [-0.05, 0) is 24.7 Å². The molecule has 1 aromatic carbocycles. The minimum Gasteiger partial charge on any atom is -0.296 e. The summed E-state index contributed by atoms with van der Waals surface area (Å²) in [5.41, 5.74) is 1.19. The normalized spacial score (nSPS) is 11.5. The van der Waals surface area contributed by atoms with Crippen LogP contribution in [-0.2, 0) is 6.54 Å². The first kappa shape index (κ1) is 15.4. The number of nitrogens with zero attached hydrogens (tertiary/aromatic N) is 3. The number of fused-ring (bicyclic) bond motifs is 1. The van der Waals surface area contributed by atoms with Crippen molar-refractivity contribution < 1.29 is 0 Å². The number of hydrogen-bond acceptors (Lipinski definition) is 4. The van der Waals surface area contributed by atoms with Crippen LogP contribution in [0.3, 0.4) is 0 Å². The van der Waals surface area contributed by atoms with Gasteiger partial charge in [-0.15, -0.1) is 11.3 Å². The van der Waals surface area contributed by atoms with E-state index in [2.05, 4.69) is 41.9 Å². The highest BCUT2D eigenvalue weighted by Crippen LogP contribution is 2.35. The zero-order valence-corrected chi connectivity index (χ0v) is 14.3. The van der Waals surface area contributed by atoms with Crippen LogP contribution in [0.25, 0.3) is 20.7 Å². The smallest absolute Gasteiger partial charge is 0.145 e. The Morgan fingerprint density at radius 3 is 2.50 bits per heavy atom. The topological polar surface area (TPSA) is 29.0 Å². The number of thiophene rings is 1. The molecule has 0 N–H and O–H groups in total. The van der Waals surface area contributed by atoms with Crippen molar-refractivity contribution in [2.75, 3.05) is 13.1 Å². The molecule has 0 saturated heterocycles. The number of hydrogen-bond donors (Lipinski definition) is 0. The van der Waals surface area contributed by atoms with Gasteiger partial charge in [-0.3, -0.25) is 4.90 Å². The van der Waals surface area contributed by atoms with Crippen molar-refractivity contribution in [3.8, 4) is 10.4 Å². The van der Waals surface area contributed by atoms with Crippen LogP contribution in [-0.4, -0.2) is 28.0 Å². The highest BCUT2D eigenvalue weighted by atomic mass is 35.5. The molecule has 5 heteroatoms. The molecule has 0 aliphatic rings. The second kappa shape index (κ2) is 6.73. The van der Waals surface area contributed by atoms with Gasteiger partial charge in [0.1, 0.15) is 15.8 Å². The monoisotopic (exact) mass is 331 g/mol. The van der Waals surface area contributed by atoms with E-state index >= 15 is 0 Å². The van der Waals surface area contributed by atoms with E-state index in [1.165, 1.54) is 10.4 Å². The number of benzene rings is 1. The Morgan fingerprint density at radius 2 is 1.82 bits per heavy atom. The molecule has 3 nitrogen and oxygen atoms in total. The zero-order valence-electron chi connectivity index (χ0n) is 12.7. The maximum absolute atomic E-state index is 6.37. The molecule has 0 radical (unpaired) electrons. The Morgan fingerprint density at radius 1 is 1.09 bits per heavy atom. The minimum absolute atomic E-state index is 0.547. The lowest BCUT2D eigenvalue weighted by Gasteiger charge is -2.16. The minimum atomic E-state index is 0.547. The molecule has 0 saturated carbocycles. The summed E-state index contributed by atoms with van der Waals surface area (Å²) >= 11 is 8.04. The van der Waals surface area contributed by atoms with Gasteiger partial charge < -0.3 is 0 Å². The molecule has 0 aliphatic heterocycles. The molecule has 0 spiro atoms. The number of rotatable bonds is 5. The third kappa shape index (κ3) is 3.14. The first-order chi connectivity index (χ1) is 10.7. The van der Waals surface area contributed by atoms with E-state index in [-0.39, 0.29) is 0 Å². The average molecular weight is 332 g/mol. The fraction of sp³-hybridized carbons (Fsp3) is 0.294. The van der Waals surface area contributed by atoms with Crippen molar-refractivity contribution in [3.05, 3.63) is 47.4 Å². The van der Waals surface area contributed by atoms with Gasteiger partial charge in [-0.1, -0.05) is 55.8 Å². The standard InChI is InChI=1S/C17H18ClN3S/c1-3-21(4-2)11-15-19-16(18)13-10-14(22-17(13)20-15)12-8-6-5-7-9-12/h5-10H,3-4,11H2,1-2H3. The van der Waals surface area contributed by atoms with Crippen molar-refractivity contribution in [2.45, 2.75) is 20.4 Å². The molecule has 0 bridgehead atoms. The Hall–Kier alpha value is -1.49. The lowest BCUT2D eigenvalue weighted by molar-refractivity contribution is 0.288. The van der Waals surface area contributed by atoms with E-state index in [0.29, 0.717) is 5.15 Å². The van der Waals surface area contributed by atoms with Gasteiger partial charge in [-0.25, -0.2) is 9.97 Å². The Bertz CT molecular complexity index is 766. The van der Waals surface area contributed by atoms with Gasteiger partial charge in [0.15, 0.2) is 0 Å². The van der Waals surface area contributed by atoms with E-state index in [9.17, 15) is 0 Å². The van der Waals surface area contributed by atoms with Crippen LogP contribution in [0.15, 0.2) is 36.4 Å². The molecule has 0 amide bonds. The molecule has 0 unspecified atom stereocenters. The maximum atomic E-state index is 6.37. The Kier molecular flexibility index (Phi) is 4.71.